The van der Waals surface area contributed by atoms with Gasteiger partial charge in [-0.05, 0) is 43.5 Å². The van der Waals surface area contributed by atoms with Gasteiger partial charge >= 0.3 is 6.03 Å². The average molecular weight is 443 g/mol. The van der Waals surface area contributed by atoms with Gasteiger partial charge in [0.2, 0.25) is 5.95 Å². The number of amides is 2. The summed E-state index contributed by atoms with van der Waals surface area (Å²) in [5.74, 6) is -2.38. The number of urea groups is 1. The van der Waals surface area contributed by atoms with Crippen LogP contribution >= 0.6 is 0 Å². The van der Waals surface area contributed by atoms with Crippen molar-refractivity contribution in [3.8, 4) is 11.1 Å². The van der Waals surface area contributed by atoms with Crippen LogP contribution in [-0.2, 0) is 6.42 Å². The monoisotopic (exact) mass is 443 g/mol. The molecule has 166 valence electrons. The van der Waals surface area contributed by atoms with E-state index in [-0.39, 0.29) is 28.4 Å². The number of nitrogens with one attached hydrogen (secondary N) is 2. The maximum absolute atomic E-state index is 14.7. The molecule has 2 amide bonds. The molecule has 2 atom stereocenters. The third-order valence-electron chi connectivity index (χ3n) is 5.52. The van der Waals surface area contributed by atoms with Crippen LogP contribution in [0.15, 0.2) is 41.3 Å². The third kappa shape index (κ3) is 3.95. The number of carbonyl (C=O) groups excluding carboxylic acids is 1. The van der Waals surface area contributed by atoms with Crippen LogP contribution in [-0.4, -0.2) is 32.2 Å². The first-order valence-electron chi connectivity index (χ1n) is 10.1. The predicted octanol–water partition coefficient (Wildman–Crippen LogP) is 4.18. The molecule has 0 saturated heterocycles. The molecule has 7 nitrogen and oxygen atoms in total. The lowest BCUT2D eigenvalue weighted by Gasteiger charge is -2.40. The highest BCUT2D eigenvalue weighted by Gasteiger charge is 2.36. The lowest BCUT2D eigenvalue weighted by Crippen LogP contribution is -2.48. The molecule has 10 heteroatoms. The molecule has 0 radical (unpaired) electrons. The summed E-state index contributed by atoms with van der Waals surface area (Å²) in [7, 11) is 0. The van der Waals surface area contributed by atoms with E-state index in [2.05, 4.69) is 20.5 Å². The summed E-state index contributed by atoms with van der Waals surface area (Å²) >= 11 is 0. The van der Waals surface area contributed by atoms with Crippen molar-refractivity contribution in [2.45, 2.75) is 38.8 Å². The van der Waals surface area contributed by atoms with E-state index in [0.717, 1.165) is 30.0 Å². The minimum atomic E-state index is -0.848. The molecule has 0 spiro atoms. The van der Waals surface area contributed by atoms with Gasteiger partial charge in [0.1, 0.15) is 11.6 Å². The number of H-pyrrole nitrogens is 1. The number of halogens is 3. The molecule has 2 unspecified atom stereocenters. The Hall–Kier alpha value is -3.69. The molecular weight excluding hydrogens is 423 g/mol. The number of hydrogen-bond acceptors (Lipinski definition) is 4. The Morgan fingerprint density at radius 1 is 1.22 bits per heavy atom. The summed E-state index contributed by atoms with van der Waals surface area (Å²) < 4.78 is 42.4. The number of pyridine rings is 1. The molecule has 2 aromatic heterocycles. The summed E-state index contributed by atoms with van der Waals surface area (Å²) in [5, 5.41) is 8.93. The van der Waals surface area contributed by atoms with Gasteiger partial charge in [-0.15, -0.1) is 0 Å². The van der Waals surface area contributed by atoms with E-state index in [9.17, 15) is 22.8 Å². The molecule has 1 aliphatic heterocycles. The summed E-state index contributed by atoms with van der Waals surface area (Å²) in [6, 6.07) is 4.26. The number of aromatic nitrogens is 3. The highest BCUT2D eigenvalue weighted by atomic mass is 19.1. The lowest BCUT2D eigenvalue weighted by molar-refractivity contribution is 0.145. The Morgan fingerprint density at radius 3 is 2.69 bits per heavy atom. The van der Waals surface area contributed by atoms with Crippen molar-refractivity contribution < 1.29 is 18.0 Å². The average Bonchev–Trinajstić information content (AvgIpc) is 2.75. The van der Waals surface area contributed by atoms with Gasteiger partial charge < -0.3 is 10.2 Å². The van der Waals surface area contributed by atoms with E-state index in [0.29, 0.717) is 18.5 Å². The Kier molecular flexibility index (Phi) is 5.68. The standard InChI is InChI=1S/C22H20F3N5O2/c1-3-18-21-13(7-20(31)28-29-21)6-11(2)30(18)22(32)27-17-9-15(23)14(8-16(17)24)12-4-5-19(25)26-10-12/h4-5,7-11,18H,3,6H2,1-2H3,(H,27,32)(H,28,31). The first kappa shape index (κ1) is 21.5. The van der Waals surface area contributed by atoms with Gasteiger partial charge in [0.25, 0.3) is 5.56 Å². The van der Waals surface area contributed by atoms with E-state index < -0.39 is 29.7 Å². The van der Waals surface area contributed by atoms with Crippen molar-refractivity contribution in [2.75, 3.05) is 5.32 Å². The van der Waals surface area contributed by atoms with Crippen molar-refractivity contribution >= 4 is 11.7 Å². The molecule has 1 aliphatic rings. The van der Waals surface area contributed by atoms with Crippen LogP contribution in [0.25, 0.3) is 11.1 Å². The maximum atomic E-state index is 14.7. The minimum absolute atomic E-state index is 0.104. The van der Waals surface area contributed by atoms with E-state index in [4.69, 9.17) is 0 Å². The fraction of sp³-hybridized carbons (Fsp3) is 0.273. The largest absolute Gasteiger partial charge is 0.322 e. The molecule has 0 saturated carbocycles. The second-order valence-corrected chi connectivity index (χ2v) is 7.64. The molecule has 1 aromatic carbocycles. The van der Waals surface area contributed by atoms with Crippen LogP contribution in [0, 0.1) is 17.6 Å². The van der Waals surface area contributed by atoms with Crippen molar-refractivity contribution in [2.24, 2.45) is 0 Å². The SMILES string of the molecule is CCC1c2n[nH]c(=O)cc2CC(C)N1C(=O)Nc1cc(F)c(-c2ccc(F)nc2)cc1F. The molecule has 3 aromatic rings. The number of aromatic amines is 1. The molecule has 32 heavy (non-hydrogen) atoms. The zero-order valence-electron chi connectivity index (χ0n) is 17.3. The molecule has 0 aliphatic carbocycles. The smallest absolute Gasteiger partial charge is 0.313 e. The van der Waals surface area contributed by atoms with Crippen molar-refractivity contribution in [1.82, 2.24) is 20.1 Å². The Morgan fingerprint density at radius 2 is 2.00 bits per heavy atom. The third-order valence-corrected chi connectivity index (χ3v) is 5.52. The van der Waals surface area contributed by atoms with Gasteiger partial charge in [-0.25, -0.2) is 23.7 Å². The molecular formula is C22H20F3N5O2. The maximum Gasteiger partial charge on any atom is 0.322 e. The number of nitrogens with zero attached hydrogens (tertiary/aromatic N) is 3. The quantitative estimate of drug-likeness (QED) is 0.595. The van der Waals surface area contributed by atoms with Crippen molar-refractivity contribution in [3.05, 3.63) is 75.7 Å². The number of rotatable bonds is 3. The van der Waals surface area contributed by atoms with Crippen LogP contribution < -0.4 is 10.9 Å². The molecule has 4 rings (SSSR count). The van der Waals surface area contributed by atoms with Gasteiger partial charge in [-0.3, -0.25) is 4.79 Å². The van der Waals surface area contributed by atoms with Crippen LogP contribution in [0.5, 0.6) is 0 Å². The zero-order chi connectivity index (χ0) is 23.0. The number of benzene rings is 1. The summed E-state index contributed by atoms with van der Waals surface area (Å²) in [6.45, 7) is 3.68. The minimum Gasteiger partial charge on any atom is -0.313 e. The highest BCUT2D eigenvalue weighted by Crippen LogP contribution is 2.34. The van der Waals surface area contributed by atoms with Crippen LogP contribution in [0.4, 0.5) is 23.7 Å². The fourth-order valence-electron chi connectivity index (χ4n) is 4.07. The van der Waals surface area contributed by atoms with Crippen LogP contribution in [0.2, 0.25) is 0 Å². The van der Waals surface area contributed by atoms with Gasteiger partial charge in [-0.2, -0.15) is 9.49 Å². The van der Waals surface area contributed by atoms with Gasteiger partial charge in [0, 0.05) is 35.5 Å². The topological polar surface area (TPSA) is 91.0 Å². The lowest BCUT2D eigenvalue weighted by atomic mass is 9.92. The first-order chi connectivity index (χ1) is 15.3. The van der Waals surface area contributed by atoms with Gasteiger partial charge in [0.15, 0.2) is 0 Å². The predicted molar refractivity (Wildman–Crippen MR) is 111 cm³/mol. The molecule has 0 bridgehead atoms. The molecule has 2 N–H and O–H groups in total. The second-order valence-electron chi connectivity index (χ2n) is 7.64. The number of hydrogen-bond donors (Lipinski definition) is 2. The molecule has 0 fully saturated rings. The second kappa shape index (κ2) is 8.45. The summed E-state index contributed by atoms with van der Waals surface area (Å²) in [6.07, 6.45) is 2.02. The van der Waals surface area contributed by atoms with E-state index >= 15 is 0 Å². The Balaban J connectivity index is 1.62. The number of fused-ring (bicyclic) bond motifs is 1. The van der Waals surface area contributed by atoms with Gasteiger partial charge in [-0.1, -0.05) is 6.92 Å². The number of anilines is 1. The van der Waals surface area contributed by atoms with Crippen LogP contribution in [0.3, 0.4) is 0 Å². The summed E-state index contributed by atoms with van der Waals surface area (Å²) in [5.41, 5.74) is 0.782. The highest BCUT2D eigenvalue weighted by molar-refractivity contribution is 5.90. The number of carbonyl (C=O) groups is 1. The van der Waals surface area contributed by atoms with E-state index in [1.54, 1.807) is 0 Å². The van der Waals surface area contributed by atoms with Crippen molar-refractivity contribution in [3.63, 3.8) is 0 Å². The Bertz CT molecular complexity index is 1230. The van der Waals surface area contributed by atoms with Crippen LogP contribution in [0.1, 0.15) is 37.6 Å². The normalized spacial score (nSPS) is 17.7. The summed E-state index contributed by atoms with van der Waals surface area (Å²) in [4.78, 5) is 29.6. The van der Waals surface area contributed by atoms with Crippen molar-refractivity contribution in [1.29, 1.82) is 0 Å². The molecule has 3 heterocycles. The Labute approximate surface area is 181 Å². The van der Waals surface area contributed by atoms with E-state index in [1.165, 1.54) is 17.0 Å². The van der Waals surface area contributed by atoms with Gasteiger partial charge in [0.05, 0.1) is 17.4 Å². The zero-order valence-corrected chi connectivity index (χ0v) is 17.3. The fourth-order valence-corrected chi connectivity index (χ4v) is 4.07. The first-order valence-corrected chi connectivity index (χ1v) is 10.1. The van der Waals surface area contributed by atoms with E-state index in [1.807, 2.05) is 13.8 Å².